The Morgan fingerprint density at radius 2 is 2.17 bits per heavy atom. The lowest BCUT2D eigenvalue weighted by atomic mass is 9.74. The zero-order chi connectivity index (χ0) is 12.1. The molecule has 0 N–H and O–H groups in total. The van der Waals surface area contributed by atoms with Crippen LogP contribution in [0.5, 0.6) is 0 Å². The molecule has 4 heterocycles. The van der Waals surface area contributed by atoms with Crippen LogP contribution in [0.15, 0.2) is 36.2 Å². The van der Waals surface area contributed by atoms with Gasteiger partial charge in [0.05, 0.1) is 0 Å². The fourth-order valence-electron chi connectivity index (χ4n) is 4.49. The molecule has 0 aromatic heterocycles. The molecule has 0 radical (unpaired) electrons. The van der Waals surface area contributed by atoms with Crippen LogP contribution < -0.4 is 0 Å². The first-order valence-electron chi connectivity index (χ1n) is 7.41. The van der Waals surface area contributed by atoms with Crippen LogP contribution in [0.1, 0.15) is 25.7 Å². The van der Waals surface area contributed by atoms with Crippen LogP contribution in [0.25, 0.3) is 0 Å². The van der Waals surface area contributed by atoms with Crippen molar-refractivity contribution in [3.8, 4) is 0 Å². The van der Waals surface area contributed by atoms with E-state index >= 15 is 0 Å². The molecule has 0 saturated carbocycles. The van der Waals surface area contributed by atoms with Crippen molar-refractivity contribution in [1.82, 2.24) is 9.80 Å². The van der Waals surface area contributed by atoms with Crippen molar-refractivity contribution >= 4 is 0 Å². The highest BCUT2D eigenvalue weighted by molar-refractivity contribution is 5.34. The molecule has 3 fully saturated rings. The van der Waals surface area contributed by atoms with E-state index in [0.717, 1.165) is 17.9 Å². The Bertz CT molecular complexity index is 434. The van der Waals surface area contributed by atoms with Gasteiger partial charge in [0.1, 0.15) is 0 Å². The number of fused-ring (bicyclic) bond motifs is 6. The molecule has 0 aliphatic carbocycles. The third kappa shape index (κ3) is 1.51. The summed E-state index contributed by atoms with van der Waals surface area (Å²) in [4.78, 5) is 5.27. The van der Waals surface area contributed by atoms with Crippen LogP contribution >= 0.6 is 0 Å². The average molecular weight is 242 g/mol. The quantitative estimate of drug-likeness (QED) is 0.644. The van der Waals surface area contributed by atoms with Crippen molar-refractivity contribution in [2.24, 2.45) is 11.8 Å². The number of nitrogens with zero attached hydrogens (tertiary/aromatic N) is 2. The lowest BCUT2D eigenvalue weighted by Gasteiger charge is -2.54. The summed E-state index contributed by atoms with van der Waals surface area (Å²) < 4.78 is 0. The SMILES string of the molecule is C=C1C=CC=C2C3CC(CN12)C1CCCCN1C3. The Hall–Kier alpha value is -1.02. The van der Waals surface area contributed by atoms with E-state index in [0.29, 0.717) is 0 Å². The number of hydrogen-bond donors (Lipinski definition) is 0. The Morgan fingerprint density at radius 1 is 1.22 bits per heavy atom. The summed E-state index contributed by atoms with van der Waals surface area (Å²) in [5.74, 6) is 1.62. The summed E-state index contributed by atoms with van der Waals surface area (Å²) in [7, 11) is 0. The largest absolute Gasteiger partial charge is 0.345 e. The number of allylic oxidation sites excluding steroid dienone is 3. The van der Waals surface area contributed by atoms with Crippen molar-refractivity contribution in [2.45, 2.75) is 31.7 Å². The lowest BCUT2D eigenvalue weighted by Crippen LogP contribution is -2.57. The summed E-state index contributed by atoms with van der Waals surface area (Å²) in [5.41, 5.74) is 2.73. The third-order valence-corrected chi connectivity index (χ3v) is 5.30. The number of hydrogen-bond acceptors (Lipinski definition) is 2. The molecule has 3 saturated heterocycles. The van der Waals surface area contributed by atoms with Crippen LogP contribution in [0.3, 0.4) is 0 Å². The van der Waals surface area contributed by atoms with Gasteiger partial charge in [0, 0.05) is 36.4 Å². The Labute approximate surface area is 110 Å². The van der Waals surface area contributed by atoms with Crippen LogP contribution in [0.2, 0.25) is 0 Å². The smallest absolute Gasteiger partial charge is 0.0335 e. The monoisotopic (exact) mass is 242 g/mol. The lowest BCUT2D eigenvalue weighted by molar-refractivity contribution is 0.0000400. The molecule has 0 amide bonds. The van der Waals surface area contributed by atoms with E-state index in [9.17, 15) is 0 Å². The maximum absolute atomic E-state index is 4.21. The van der Waals surface area contributed by atoms with E-state index in [2.05, 4.69) is 34.6 Å². The molecule has 3 unspecified atom stereocenters. The minimum absolute atomic E-state index is 0.750. The van der Waals surface area contributed by atoms with Gasteiger partial charge in [-0.05, 0) is 43.9 Å². The molecule has 0 aromatic rings. The molecule has 4 rings (SSSR count). The van der Waals surface area contributed by atoms with E-state index in [4.69, 9.17) is 0 Å². The van der Waals surface area contributed by atoms with E-state index < -0.39 is 0 Å². The van der Waals surface area contributed by atoms with Gasteiger partial charge in [-0.3, -0.25) is 4.90 Å². The molecule has 4 aliphatic heterocycles. The summed E-state index contributed by atoms with van der Waals surface area (Å²) in [5, 5.41) is 0. The van der Waals surface area contributed by atoms with E-state index in [1.54, 1.807) is 0 Å². The molecule has 0 spiro atoms. The van der Waals surface area contributed by atoms with Gasteiger partial charge < -0.3 is 4.90 Å². The molecule has 2 nitrogen and oxygen atoms in total. The van der Waals surface area contributed by atoms with Crippen molar-refractivity contribution in [3.05, 3.63) is 36.2 Å². The first-order chi connectivity index (χ1) is 8.83. The number of piperidine rings is 3. The minimum atomic E-state index is 0.750. The average Bonchev–Trinajstić information content (AvgIpc) is 2.40. The Balaban J connectivity index is 1.66. The van der Waals surface area contributed by atoms with Crippen LogP contribution in [-0.4, -0.2) is 35.5 Å². The molecule has 3 atom stereocenters. The van der Waals surface area contributed by atoms with E-state index in [1.165, 1.54) is 56.7 Å². The predicted molar refractivity (Wildman–Crippen MR) is 73.9 cm³/mol. The Morgan fingerprint density at radius 3 is 3.11 bits per heavy atom. The molecule has 2 bridgehead atoms. The van der Waals surface area contributed by atoms with Crippen molar-refractivity contribution < 1.29 is 0 Å². The van der Waals surface area contributed by atoms with Gasteiger partial charge >= 0.3 is 0 Å². The van der Waals surface area contributed by atoms with Gasteiger partial charge in [-0.25, -0.2) is 0 Å². The van der Waals surface area contributed by atoms with Gasteiger partial charge in [-0.1, -0.05) is 19.1 Å². The molecule has 0 aromatic carbocycles. The van der Waals surface area contributed by atoms with Gasteiger partial charge in [-0.2, -0.15) is 0 Å². The molecular weight excluding hydrogens is 220 g/mol. The summed E-state index contributed by atoms with van der Waals surface area (Å²) >= 11 is 0. The van der Waals surface area contributed by atoms with Crippen LogP contribution in [0.4, 0.5) is 0 Å². The van der Waals surface area contributed by atoms with Crippen molar-refractivity contribution in [2.75, 3.05) is 19.6 Å². The second kappa shape index (κ2) is 3.99. The second-order valence-corrected chi connectivity index (χ2v) is 6.30. The van der Waals surface area contributed by atoms with Crippen LogP contribution in [-0.2, 0) is 0 Å². The standard InChI is InChI=1S/C16H22N2/c1-12-5-4-7-16-13-9-14(11-18(12)16)15-6-2-3-8-17(15)10-13/h4-5,7,13-15H,1-3,6,8-11H2. The highest BCUT2D eigenvalue weighted by atomic mass is 15.2. The maximum atomic E-state index is 4.21. The van der Waals surface area contributed by atoms with Crippen LogP contribution in [0, 0.1) is 11.8 Å². The topological polar surface area (TPSA) is 6.48 Å². The first kappa shape index (κ1) is 10.9. The van der Waals surface area contributed by atoms with Gasteiger partial charge in [0.15, 0.2) is 0 Å². The molecule has 96 valence electrons. The van der Waals surface area contributed by atoms with Crippen molar-refractivity contribution in [1.29, 1.82) is 0 Å². The molecule has 4 aliphatic rings. The number of rotatable bonds is 0. The molecular formula is C16H22N2. The zero-order valence-corrected chi connectivity index (χ0v) is 11.0. The van der Waals surface area contributed by atoms with E-state index in [1.807, 2.05) is 0 Å². The maximum Gasteiger partial charge on any atom is 0.0335 e. The van der Waals surface area contributed by atoms with Gasteiger partial charge in [-0.15, -0.1) is 0 Å². The second-order valence-electron chi connectivity index (χ2n) is 6.30. The van der Waals surface area contributed by atoms with Crippen molar-refractivity contribution in [3.63, 3.8) is 0 Å². The predicted octanol–water partition coefficient (Wildman–Crippen LogP) is 2.76. The normalized spacial score (nSPS) is 39.1. The highest BCUT2D eigenvalue weighted by Crippen LogP contribution is 2.43. The minimum Gasteiger partial charge on any atom is -0.345 e. The third-order valence-electron chi connectivity index (χ3n) is 5.30. The summed E-state index contributed by atoms with van der Waals surface area (Å²) in [6, 6.07) is 0.857. The summed E-state index contributed by atoms with van der Waals surface area (Å²) in [6.07, 6.45) is 12.3. The first-order valence-corrected chi connectivity index (χ1v) is 7.41. The molecule has 2 heteroatoms. The summed E-state index contributed by atoms with van der Waals surface area (Å²) in [6.45, 7) is 8.03. The highest BCUT2D eigenvalue weighted by Gasteiger charge is 2.44. The molecule has 18 heavy (non-hydrogen) atoms. The fourth-order valence-corrected chi connectivity index (χ4v) is 4.49. The fraction of sp³-hybridized carbons (Fsp3) is 0.625. The van der Waals surface area contributed by atoms with E-state index in [-0.39, 0.29) is 0 Å². The van der Waals surface area contributed by atoms with Gasteiger partial charge in [0.2, 0.25) is 0 Å². The Kier molecular flexibility index (Phi) is 2.41. The zero-order valence-electron chi connectivity index (χ0n) is 11.0. The van der Waals surface area contributed by atoms with Gasteiger partial charge in [0.25, 0.3) is 0 Å².